The number of carboxylic acids is 1. The number of unbranched alkanes of at least 4 members (excludes halogenated alkanes) is 1. The summed E-state index contributed by atoms with van der Waals surface area (Å²) in [5.74, 6) is -0.337. The SMILES string of the molecule is CC12C(=O)C=C(O)C=C1CCC1C2CCC2(C)C1CCC2(OC(=O)CCCC[C@@H]1CCSS1=O)C(=O)O. The molecule has 4 fully saturated rings. The standard InChI is InChI=1S/C28H38O7S2/c1-26-12-9-22-20(8-7-17-15-18(29)16-23(30)27(17,22)2)21(26)10-13-28(26,25(32)33)35-24(31)6-4-3-5-19-11-14-36-37(19)34/h15-16,19-22,29H,3-14H2,1-2H3,(H,32,33)/t19-,20?,21?,22?,26?,27?,28?,37?/m1/s1. The number of carbonyl (C=O) groups is 3. The molecule has 0 radical (unpaired) electrons. The van der Waals surface area contributed by atoms with Crippen LogP contribution in [0.2, 0.25) is 0 Å². The van der Waals surface area contributed by atoms with Crippen LogP contribution < -0.4 is 0 Å². The highest BCUT2D eigenvalue weighted by Crippen LogP contribution is 2.67. The number of aliphatic hydroxyl groups is 1. The van der Waals surface area contributed by atoms with Gasteiger partial charge in [0.1, 0.15) is 5.76 Å². The van der Waals surface area contributed by atoms with Crippen molar-refractivity contribution in [3.05, 3.63) is 23.5 Å². The Hall–Kier alpha value is -1.61. The Balaban J connectivity index is 1.29. The van der Waals surface area contributed by atoms with Crippen LogP contribution in [0.5, 0.6) is 0 Å². The predicted molar refractivity (Wildman–Crippen MR) is 142 cm³/mol. The number of ketones is 1. The summed E-state index contributed by atoms with van der Waals surface area (Å²) in [6.07, 6.45) is 10.2. The van der Waals surface area contributed by atoms with Crippen LogP contribution in [0.3, 0.4) is 0 Å². The van der Waals surface area contributed by atoms with Gasteiger partial charge in [-0.05, 0) is 88.5 Å². The minimum Gasteiger partial charge on any atom is -0.508 e. The Labute approximate surface area is 224 Å². The molecule has 0 spiro atoms. The molecule has 0 aromatic rings. The molecule has 8 atom stereocenters. The molecule has 4 aliphatic carbocycles. The Morgan fingerprint density at radius 1 is 1.11 bits per heavy atom. The first-order chi connectivity index (χ1) is 17.5. The number of allylic oxidation sites excluding steroid dienone is 3. The Bertz CT molecular complexity index is 1080. The van der Waals surface area contributed by atoms with E-state index >= 15 is 0 Å². The van der Waals surface area contributed by atoms with Crippen molar-refractivity contribution in [2.75, 3.05) is 5.75 Å². The fourth-order valence-corrected chi connectivity index (χ4v) is 11.9. The Morgan fingerprint density at radius 3 is 2.57 bits per heavy atom. The zero-order valence-corrected chi connectivity index (χ0v) is 23.3. The predicted octanol–water partition coefficient (Wildman–Crippen LogP) is 5.28. The van der Waals surface area contributed by atoms with E-state index in [1.54, 1.807) is 6.08 Å². The topological polar surface area (TPSA) is 118 Å². The highest BCUT2D eigenvalue weighted by atomic mass is 33.1. The number of esters is 1. The maximum absolute atomic E-state index is 13.1. The molecule has 204 valence electrons. The first kappa shape index (κ1) is 27.0. The molecular weight excluding hydrogens is 512 g/mol. The molecule has 0 bridgehead atoms. The average Bonchev–Trinajstić information content (AvgIpc) is 3.38. The molecule has 0 aromatic carbocycles. The molecule has 0 amide bonds. The molecule has 7 unspecified atom stereocenters. The van der Waals surface area contributed by atoms with Crippen molar-refractivity contribution in [3.8, 4) is 0 Å². The monoisotopic (exact) mass is 550 g/mol. The number of hydrogen-bond donors (Lipinski definition) is 2. The van der Waals surface area contributed by atoms with E-state index < -0.39 is 38.2 Å². The largest absolute Gasteiger partial charge is 0.508 e. The van der Waals surface area contributed by atoms with Gasteiger partial charge in [0.2, 0.25) is 5.60 Å². The van der Waals surface area contributed by atoms with E-state index in [-0.39, 0.29) is 41.0 Å². The van der Waals surface area contributed by atoms with E-state index in [1.165, 1.54) is 16.9 Å². The average molecular weight is 551 g/mol. The molecule has 37 heavy (non-hydrogen) atoms. The number of rotatable bonds is 7. The summed E-state index contributed by atoms with van der Waals surface area (Å²) in [4.78, 5) is 38.9. The lowest BCUT2D eigenvalue weighted by Crippen LogP contribution is -2.59. The fraction of sp³-hybridized carbons (Fsp3) is 0.750. The molecule has 2 N–H and O–H groups in total. The minimum absolute atomic E-state index is 0.0182. The van der Waals surface area contributed by atoms with E-state index in [0.717, 1.165) is 37.0 Å². The first-order valence-corrected chi connectivity index (χ1v) is 16.4. The highest BCUT2D eigenvalue weighted by molar-refractivity contribution is 8.69. The lowest BCUT2D eigenvalue weighted by molar-refractivity contribution is -0.201. The zero-order valence-electron chi connectivity index (χ0n) is 21.7. The second-order valence-corrected chi connectivity index (χ2v) is 15.6. The number of fused-ring (bicyclic) bond motifs is 5. The van der Waals surface area contributed by atoms with Crippen LogP contribution in [-0.4, -0.2) is 48.7 Å². The van der Waals surface area contributed by atoms with Gasteiger partial charge in [-0.25, -0.2) is 9.00 Å². The van der Waals surface area contributed by atoms with Gasteiger partial charge in [0.15, 0.2) is 5.78 Å². The second-order valence-electron chi connectivity index (χ2n) is 12.1. The third-order valence-electron chi connectivity index (χ3n) is 10.5. The molecule has 1 aliphatic heterocycles. The van der Waals surface area contributed by atoms with Gasteiger partial charge in [-0.1, -0.05) is 29.7 Å². The summed E-state index contributed by atoms with van der Waals surface area (Å²) in [7, 11) is 0.665. The summed E-state index contributed by atoms with van der Waals surface area (Å²) in [5, 5.41) is 20.7. The molecule has 0 aromatic heterocycles. The normalized spacial score (nSPS) is 42.8. The summed E-state index contributed by atoms with van der Waals surface area (Å²) < 4.78 is 17.9. The maximum Gasteiger partial charge on any atom is 0.348 e. The van der Waals surface area contributed by atoms with Crippen LogP contribution in [-0.2, 0) is 29.0 Å². The number of carbonyl (C=O) groups excluding carboxylic acids is 2. The fourth-order valence-electron chi connectivity index (χ4n) is 8.44. The molecule has 5 aliphatic rings. The van der Waals surface area contributed by atoms with Crippen LogP contribution in [0.1, 0.15) is 84.5 Å². The van der Waals surface area contributed by atoms with E-state index in [2.05, 4.69) is 0 Å². The summed E-state index contributed by atoms with van der Waals surface area (Å²) in [6.45, 7) is 3.97. The highest BCUT2D eigenvalue weighted by Gasteiger charge is 2.69. The summed E-state index contributed by atoms with van der Waals surface area (Å²) >= 11 is 0. The van der Waals surface area contributed by atoms with E-state index in [0.29, 0.717) is 38.5 Å². The quantitative estimate of drug-likeness (QED) is 0.250. The number of aliphatic hydroxyl groups excluding tert-OH is 1. The first-order valence-electron chi connectivity index (χ1n) is 13.7. The van der Waals surface area contributed by atoms with Gasteiger partial charge in [0.05, 0.1) is 15.2 Å². The lowest BCUT2D eigenvalue weighted by atomic mass is 9.46. The van der Waals surface area contributed by atoms with Gasteiger partial charge < -0.3 is 14.9 Å². The molecule has 1 heterocycles. The van der Waals surface area contributed by atoms with Crippen molar-refractivity contribution < 1.29 is 33.5 Å². The molecule has 9 heteroatoms. The number of hydrogen-bond acceptors (Lipinski definition) is 7. The van der Waals surface area contributed by atoms with Crippen LogP contribution in [0, 0.1) is 28.6 Å². The van der Waals surface area contributed by atoms with Crippen LogP contribution in [0.15, 0.2) is 23.5 Å². The maximum atomic E-state index is 13.1. The van der Waals surface area contributed by atoms with Crippen LogP contribution in [0.25, 0.3) is 0 Å². The Kier molecular flexibility index (Phi) is 7.18. The van der Waals surface area contributed by atoms with E-state index in [9.17, 15) is 28.8 Å². The second kappa shape index (κ2) is 9.85. The van der Waals surface area contributed by atoms with Gasteiger partial charge in [-0.3, -0.25) is 9.59 Å². The smallest absolute Gasteiger partial charge is 0.348 e. The Morgan fingerprint density at radius 2 is 1.86 bits per heavy atom. The number of aliphatic carboxylic acids is 1. The van der Waals surface area contributed by atoms with Gasteiger partial charge in [-0.2, -0.15) is 0 Å². The summed E-state index contributed by atoms with van der Waals surface area (Å²) in [6, 6.07) is 0. The molecular formula is C28H38O7S2. The van der Waals surface area contributed by atoms with Crippen molar-refractivity contribution in [3.63, 3.8) is 0 Å². The number of ether oxygens (including phenoxy) is 1. The number of carboxylic acid groups (broad SMARTS) is 1. The van der Waals surface area contributed by atoms with Crippen LogP contribution in [0.4, 0.5) is 0 Å². The van der Waals surface area contributed by atoms with E-state index in [1.807, 2.05) is 13.8 Å². The van der Waals surface area contributed by atoms with Gasteiger partial charge in [-0.15, -0.1) is 0 Å². The van der Waals surface area contributed by atoms with Crippen molar-refractivity contribution in [2.45, 2.75) is 95.3 Å². The lowest BCUT2D eigenvalue weighted by Gasteiger charge is -2.57. The van der Waals surface area contributed by atoms with Gasteiger partial charge >= 0.3 is 11.9 Å². The van der Waals surface area contributed by atoms with Crippen molar-refractivity contribution >= 4 is 38.3 Å². The minimum atomic E-state index is -1.55. The zero-order chi connectivity index (χ0) is 26.6. The van der Waals surface area contributed by atoms with Gasteiger partial charge in [0, 0.05) is 28.9 Å². The van der Waals surface area contributed by atoms with Crippen molar-refractivity contribution in [2.24, 2.45) is 28.6 Å². The van der Waals surface area contributed by atoms with E-state index in [4.69, 9.17) is 4.74 Å². The van der Waals surface area contributed by atoms with Crippen LogP contribution >= 0.6 is 10.8 Å². The van der Waals surface area contributed by atoms with Gasteiger partial charge in [0.25, 0.3) is 0 Å². The van der Waals surface area contributed by atoms with Crippen molar-refractivity contribution in [1.82, 2.24) is 0 Å². The molecule has 1 saturated heterocycles. The summed E-state index contributed by atoms with van der Waals surface area (Å²) in [5.41, 5.74) is -1.92. The van der Waals surface area contributed by atoms with Crippen molar-refractivity contribution in [1.29, 1.82) is 0 Å². The molecule has 7 nitrogen and oxygen atoms in total. The molecule has 3 saturated carbocycles. The molecule has 5 rings (SSSR count). The third kappa shape index (κ3) is 4.23. The third-order valence-corrected chi connectivity index (χ3v) is 14.2.